The number of carbonyl (C=O) groups is 1. The number of carbonyl (C=O) groups excluding carboxylic acids is 1. The van der Waals surface area contributed by atoms with Crippen molar-refractivity contribution < 1.29 is 9.53 Å². The second-order valence-corrected chi connectivity index (χ2v) is 11.8. The van der Waals surface area contributed by atoms with Crippen LogP contribution in [0.2, 0.25) is 10.0 Å². The molecule has 0 saturated carbocycles. The third-order valence-corrected chi connectivity index (χ3v) is 7.62. The summed E-state index contributed by atoms with van der Waals surface area (Å²) in [5, 5.41) is 14.6. The quantitative estimate of drug-likeness (QED) is 0.117. The van der Waals surface area contributed by atoms with Gasteiger partial charge in [-0.25, -0.2) is 5.43 Å². The Morgan fingerprint density at radius 3 is 2.42 bits per heavy atom. The molecule has 4 aromatic rings. The van der Waals surface area contributed by atoms with Gasteiger partial charge in [0.15, 0.2) is 11.0 Å². The third kappa shape index (κ3) is 7.87. The fourth-order valence-corrected chi connectivity index (χ4v) is 5.06. The lowest BCUT2D eigenvalue weighted by Crippen LogP contribution is -2.20. The zero-order valence-electron chi connectivity index (χ0n) is 22.8. The van der Waals surface area contributed by atoms with E-state index in [0.29, 0.717) is 34.1 Å². The highest BCUT2D eigenvalue weighted by molar-refractivity contribution is 7.99. The lowest BCUT2D eigenvalue weighted by atomic mass is 9.87. The summed E-state index contributed by atoms with van der Waals surface area (Å²) in [5.74, 6) is 1.40. The van der Waals surface area contributed by atoms with Gasteiger partial charge in [-0.1, -0.05) is 86.1 Å². The Labute approximate surface area is 248 Å². The largest absolute Gasteiger partial charge is 0.489 e. The number of halogens is 2. The second-order valence-electron chi connectivity index (χ2n) is 10.1. The molecule has 1 amide bonds. The fourth-order valence-electron chi connectivity index (χ4n) is 3.80. The Kier molecular flexibility index (Phi) is 9.90. The van der Waals surface area contributed by atoms with Crippen molar-refractivity contribution in [2.75, 3.05) is 5.75 Å². The summed E-state index contributed by atoms with van der Waals surface area (Å²) in [6.45, 7) is 9.62. The summed E-state index contributed by atoms with van der Waals surface area (Å²) in [6.07, 6.45) is 1.58. The summed E-state index contributed by atoms with van der Waals surface area (Å²) in [6, 6.07) is 21.0. The van der Waals surface area contributed by atoms with E-state index < -0.39 is 0 Å². The average molecular weight is 597 g/mol. The summed E-state index contributed by atoms with van der Waals surface area (Å²) < 4.78 is 7.81. The van der Waals surface area contributed by atoms with Crippen molar-refractivity contribution in [3.05, 3.63) is 93.5 Å². The van der Waals surface area contributed by atoms with E-state index >= 15 is 0 Å². The van der Waals surface area contributed by atoms with Crippen molar-refractivity contribution in [3.8, 4) is 17.1 Å². The number of nitrogens with one attached hydrogen (secondary N) is 1. The van der Waals surface area contributed by atoms with Crippen LogP contribution in [0.4, 0.5) is 0 Å². The Bertz CT molecular complexity index is 1480. The molecule has 0 bridgehead atoms. The first-order valence-corrected chi connectivity index (χ1v) is 14.5. The zero-order chi connectivity index (χ0) is 28.7. The monoisotopic (exact) mass is 595 g/mol. The first-order valence-electron chi connectivity index (χ1n) is 12.8. The number of benzene rings is 3. The van der Waals surface area contributed by atoms with E-state index in [-0.39, 0.29) is 17.1 Å². The lowest BCUT2D eigenvalue weighted by Gasteiger charge is -2.19. The predicted octanol–water partition coefficient (Wildman–Crippen LogP) is 7.39. The number of hydrazone groups is 1. The molecule has 208 valence electrons. The summed E-state index contributed by atoms with van der Waals surface area (Å²) >= 11 is 13.5. The Balaban J connectivity index is 1.27. The maximum Gasteiger partial charge on any atom is 0.250 e. The first-order chi connectivity index (χ1) is 19.1. The zero-order valence-corrected chi connectivity index (χ0v) is 25.1. The van der Waals surface area contributed by atoms with Crippen molar-refractivity contribution in [2.24, 2.45) is 5.10 Å². The number of hydrogen-bond acceptors (Lipinski definition) is 6. The minimum atomic E-state index is -0.234. The van der Waals surface area contributed by atoms with E-state index in [0.717, 1.165) is 22.5 Å². The molecule has 0 fully saturated rings. The topological polar surface area (TPSA) is 81.4 Å². The number of hydrogen-bond donors (Lipinski definition) is 1. The molecule has 0 aliphatic heterocycles. The van der Waals surface area contributed by atoms with Crippen LogP contribution >= 0.6 is 35.0 Å². The predicted molar refractivity (Wildman–Crippen MR) is 164 cm³/mol. The van der Waals surface area contributed by atoms with Crippen molar-refractivity contribution >= 4 is 47.1 Å². The number of ether oxygens (including phenoxy) is 1. The Morgan fingerprint density at radius 2 is 1.77 bits per heavy atom. The van der Waals surface area contributed by atoms with Crippen molar-refractivity contribution in [2.45, 2.75) is 51.4 Å². The molecule has 0 radical (unpaired) electrons. The fraction of sp³-hybridized carbons (Fsp3) is 0.267. The number of thioether (sulfide) groups is 1. The molecular weight excluding hydrogens is 565 g/mol. The molecule has 10 heteroatoms. The van der Waals surface area contributed by atoms with E-state index in [1.165, 1.54) is 17.3 Å². The summed E-state index contributed by atoms with van der Waals surface area (Å²) in [4.78, 5) is 12.4. The van der Waals surface area contributed by atoms with Crippen LogP contribution in [0.3, 0.4) is 0 Å². The maximum absolute atomic E-state index is 12.4. The minimum Gasteiger partial charge on any atom is -0.489 e. The van der Waals surface area contributed by atoms with Gasteiger partial charge >= 0.3 is 0 Å². The molecule has 0 spiro atoms. The highest BCUT2D eigenvalue weighted by atomic mass is 35.5. The van der Waals surface area contributed by atoms with Gasteiger partial charge in [0.2, 0.25) is 0 Å². The van der Waals surface area contributed by atoms with Gasteiger partial charge in [0.05, 0.1) is 12.0 Å². The number of rotatable bonds is 10. The van der Waals surface area contributed by atoms with Crippen LogP contribution in [-0.2, 0) is 23.4 Å². The lowest BCUT2D eigenvalue weighted by molar-refractivity contribution is -0.118. The summed E-state index contributed by atoms with van der Waals surface area (Å²) in [5.41, 5.74) is 6.57. The summed E-state index contributed by atoms with van der Waals surface area (Å²) in [7, 11) is 0. The van der Waals surface area contributed by atoms with Crippen molar-refractivity contribution in [3.63, 3.8) is 0 Å². The highest BCUT2D eigenvalue weighted by Gasteiger charge is 2.17. The van der Waals surface area contributed by atoms with E-state index in [4.69, 9.17) is 27.9 Å². The van der Waals surface area contributed by atoms with Gasteiger partial charge in [-0.15, -0.1) is 10.2 Å². The molecule has 1 N–H and O–H groups in total. The Morgan fingerprint density at radius 1 is 1.05 bits per heavy atom. The van der Waals surface area contributed by atoms with Crippen LogP contribution < -0.4 is 10.2 Å². The average Bonchev–Trinajstić information content (AvgIpc) is 3.35. The normalized spacial score (nSPS) is 11.7. The van der Waals surface area contributed by atoms with Crippen molar-refractivity contribution in [1.29, 1.82) is 0 Å². The van der Waals surface area contributed by atoms with Gasteiger partial charge in [0.1, 0.15) is 12.4 Å². The highest BCUT2D eigenvalue weighted by Crippen LogP contribution is 2.28. The van der Waals surface area contributed by atoms with Gasteiger partial charge in [-0.3, -0.25) is 4.79 Å². The molecule has 0 aliphatic carbocycles. The molecule has 0 unspecified atom stereocenters. The molecule has 0 saturated heterocycles. The number of amides is 1. The first kappa shape index (κ1) is 29.6. The molecule has 1 heterocycles. The minimum absolute atomic E-state index is 0.0828. The number of nitrogens with zero attached hydrogens (tertiary/aromatic N) is 4. The van der Waals surface area contributed by atoms with Gasteiger partial charge in [-0.2, -0.15) is 5.10 Å². The van der Waals surface area contributed by atoms with Crippen LogP contribution in [0.25, 0.3) is 11.4 Å². The molecule has 7 nitrogen and oxygen atoms in total. The van der Waals surface area contributed by atoms with E-state index in [1.807, 2.05) is 41.8 Å². The molecule has 0 atom stereocenters. The number of aromatic nitrogens is 3. The van der Waals surface area contributed by atoms with Crippen LogP contribution in [-0.4, -0.2) is 32.6 Å². The van der Waals surface area contributed by atoms with E-state index in [1.54, 1.807) is 18.3 Å². The van der Waals surface area contributed by atoms with Gasteiger partial charge in [0.25, 0.3) is 5.91 Å². The van der Waals surface area contributed by atoms with Crippen LogP contribution in [0.15, 0.2) is 77.0 Å². The van der Waals surface area contributed by atoms with Gasteiger partial charge in [0, 0.05) is 27.7 Å². The SMILES string of the molecule is CCn1c(SCC(=O)NN=Cc2ccc(OCc3ccc(Cl)cc3Cl)cc2)nnc1-c1ccc(C(C)(C)C)cc1. The van der Waals surface area contributed by atoms with Gasteiger partial charge < -0.3 is 9.30 Å². The Hall–Kier alpha value is -3.33. The maximum atomic E-state index is 12.4. The molecule has 4 rings (SSSR count). The van der Waals surface area contributed by atoms with Crippen molar-refractivity contribution in [1.82, 2.24) is 20.2 Å². The molecule has 40 heavy (non-hydrogen) atoms. The van der Waals surface area contributed by atoms with Crippen LogP contribution in [0.5, 0.6) is 5.75 Å². The molecule has 3 aromatic carbocycles. The van der Waals surface area contributed by atoms with E-state index in [9.17, 15) is 4.79 Å². The molecular formula is C30H31Cl2N5O2S. The third-order valence-electron chi connectivity index (χ3n) is 6.07. The van der Waals surface area contributed by atoms with Gasteiger partial charge in [-0.05, 0) is 59.9 Å². The second kappa shape index (κ2) is 13.4. The van der Waals surface area contributed by atoms with E-state index in [2.05, 4.69) is 65.8 Å². The molecule has 0 aliphatic rings. The standard InChI is InChI=1S/C30H31Cl2N5O2S/c1-5-37-28(21-8-11-23(12-9-21)30(2,3)4)35-36-29(37)40-19-27(38)34-33-17-20-6-14-25(15-7-20)39-18-22-10-13-24(31)16-26(22)32/h6-17H,5,18-19H2,1-4H3,(H,34,38). The molecule has 1 aromatic heterocycles. The van der Waals surface area contributed by atoms with Crippen LogP contribution in [0, 0.1) is 0 Å². The smallest absolute Gasteiger partial charge is 0.250 e. The van der Waals surface area contributed by atoms with Crippen LogP contribution in [0.1, 0.15) is 44.4 Å².